The molecule has 0 aliphatic carbocycles. The quantitative estimate of drug-likeness (QED) is 0.812. The molecule has 0 aliphatic rings. The number of hydrogen-bond acceptors (Lipinski definition) is 4. The number of nitrogens with two attached hydrogens (primary N) is 1. The van der Waals surface area contributed by atoms with Crippen molar-refractivity contribution in [2.24, 2.45) is 5.73 Å². The molecule has 0 saturated carbocycles. The molecule has 0 bridgehead atoms. The van der Waals surface area contributed by atoms with Crippen LogP contribution < -0.4 is 15.2 Å². The van der Waals surface area contributed by atoms with E-state index in [1.165, 1.54) is 0 Å². The summed E-state index contributed by atoms with van der Waals surface area (Å²) in [7, 11) is 5.44. The van der Waals surface area contributed by atoms with Crippen molar-refractivity contribution in [2.75, 3.05) is 21.2 Å². The third-order valence-corrected chi connectivity index (χ3v) is 2.31. The highest BCUT2D eigenvalue weighted by molar-refractivity contribution is 5.45. The lowest BCUT2D eigenvalue weighted by molar-refractivity contribution is 0.388. The van der Waals surface area contributed by atoms with Crippen molar-refractivity contribution < 1.29 is 9.47 Å². The molecule has 0 heterocycles. The zero-order chi connectivity index (χ0) is 13.0. The predicted molar refractivity (Wildman–Crippen MR) is 69.1 cm³/mol. The molecule has 1 aromatic rings. The van der Waals surface area contributed by atoms with Gasteiger partial charge in [-0.2, -0.15) is 0 Å². The normalized spacial score (nSPS) is 11.2. The largest absolute Gasteiger partial charge is 0.496 e. The molecule has 0 spiro atoms. The van der Waals surface area contributed by atoms with Crippen LogP contribution in [0, 0.1) is 13.8 Å². The number of methoxy groups -OCH3 is 1. The Morgan fingerprint density at radius 2 is 1.71 bits per heavy atom. The standard InChI is InChI=1S/C13H20N2O2/c1-9-7-12(10(2)6-11(9)16-5)17-13(14)8-15(3)4/h6-8H,14H2,1-5H3/b13-8+. The fourth-order valence-corrected chi connectivity index (χ4v) is 1.50. The molecule has 94 valence electrons. The van der Waals surface area contributed by atoms with Crippen molar-refractivity contribution in [1.82, 2.24) is 4.90 Å². The molecular weight excluding hydrogens is 216 g/mol. The molecule has 0 atom stereocenters. The van der Waals surface area contributed by atoms with E-state index < -0.39 is 0 Å². The van der Waals surface area contributed by atoms with Crippen molar-refractivity contribution >= 4 is 0 Å². The first-order valence-corrected chi connectivity index (χ1v) is 5.41. The first-order valence-electron chi connectivity index (χ1n) is 5.41. The Bertz CT molecular complexity index is 426. The summed E-state index contributed by atoms with van der Waals surface area (Å²) in [5, 5.41) is 0. The summed E-state index contributed by atoms with van der Waals surface area (Å²) < 4.78 is 10.8. The zero-order valence-electron chi connectivity index (χ0n) is 11.1. The van der Waals surface area contributed by atoms with Gasteiger partial charge in [-0.3, -0.25) is 0 Å². The lowest BCUT2D eigenvalue weighted by atomic mass is 10.1. The smallest absolute Gasteiger partial charge is 0.206 e. The average Bonchev–Trinajstić information content (AvgIpc) is 2.21. The molecule has 1 rings (SSSR count). The van der Waals surface area contributed by atoms with E-state index in [0.717, 1.165) is 22.6 Å². The number of benzene rings is 1. The van der Waals surface area contributed by atoms with Crippen molar-refractivity contribution in [3.05, 3.63) is 35.3 Å². The van der Waals surface area contributed by atoms with Gasteiger partial charge in [0.25, 0.3) is 0 Å². The van der Waals surface area contributed by atoms with Gasteiger partial charge in [-0.25, -0.2) is 0 Å². The number of ether oxygens (including phenoxy) is 2. The van der Waals surface area contributed by atoms with E-state index in [1.54, 1.807) is 13.3 Å². The van der Waals surface area contributed by atoms with Crippen LogP contribution >= 0.6 is 0 Å². The third kappa shape index (κ3) is 3.59. The van der Waals surface area contributed by atoms with E-state index in [0.29, 0.717) is 5.88 Å². The van der Waals surface area contributed by atoms with Gasteiger partial charge in [-0.05, 0) is 37.1 Å². The second-order valence-corrected chi connectivity index (χ2v) is 4.18. The van der Waals surface area contributed by atoms with Crippen molar-refractivity contribution in [1.29, 1.82) is 0 Å². The van der Waals surface area contributed by atoms with E-state index >= 15 is 0 Å². The number of aryl methyl sites for hydroxylation is 2. The van der Waals surface area contributed by atoms with Gasteiger partial charge in [0.15, 0.2) is 0 Å². The fraction of sp³-hybridized carbons (Fsp3) is 0.385. The summed E-state index contributed by atoms with van der Waals surface area (Å²) in [6.07, 6.45) is 1.72. The van der Waals surface area contributed by atoms with E-state index in [9.17, 15) is 0 Å². The monoisotopic (exact) mass is 236 g/mol. The van der Waals surface area contributed by atoms with Crippen LogP contribution in [0.3, 0.4) is 0 Å². The minimum Gasteiger partial charge on any atom is -0.496 e. The van der Waals surface area contributed by atoms with E-state index in [-0.39, 0.29) is 0 Å². The molecule has 2 N–H and O–H groups in total. The summed E-state index contributed by atoms with van der Waals surface area (Å²) in [6.45, 7) is 3.93. The third-order valence-electron chi connectivity index (χ3n) is 2.31. The Morgan fingerprint density at radius 3 is 2.24 bits per heavy atom. The maximum absolute atomic E-state index is 5.76. The highest BCUT2D eigenvalue weighted by atomic mass is 16.5. The molecule has 17 heavy (non-hydrogen) atoms. The van der Waals surface area contributed by atoms with Crippen molar-refractivity contribution in [2.45, 2.75) is 13.8 Å². The lowest BCUT2D eigenvalue weighted by Crippen LogP contribution is -2.13. The lowest BCUT2D eigenvalue weighted by Gasteiger charge is -2.13. The van der Waals surface area contributed by atoms with Crippen LogP contribution in [0.1, 0.15) is 11.1 Å². The predicted octanol–water partition coefficient (Wildman–Crippen LogP) is 2.01. The molecular formula is C13H20N2O2. The van der Waals surface area contributed by atoms with E-state index in [1.807, 2.05) is 45.0 Å². The van der Waals surface area contributed by atoms with E-state index in [4.69, 9.17) is 15.2 Å². The van der Waals surface area contributed by atoms with Gasteiger partial charge >= 0.3 is 0 Å². The molecule has 0 fully saturated rings. The van der Waals surface area contributed by atoms with Crippen LogP contribution in [0.5, 0.6) is 11.5 Å². The van der Waals surface area contributed by atoms with E-state index in [2.05, 4.69) is 0 Å². The summed E-state index contributed by atoms with van der Waals surface area (Å²) in [5.74, 6) is 1.96. The van der Waals surface area contributed by atoms with Gasteiger partial charge in [0, 0.05) is 14.1 Å². The molecule has 4 heteroatoms. The topological polar surface area (TPSA) is 47.7 Å². The van der Waals surface area contributed by atoms with Crippen LogP contribution in [0.15, 0.2) is 24.2 Å². The van der Waals surface area contributed by atoms with Crippen LogP contribution in [0.2, 0.25) is 0 Å². The first kappa shape index (κ1) is 13.2. The molecule has 0 unspecified atom stereocenters. The fourth-order valence-electron chi connectivity index (χ4n) is 1.50. The van der Waals surface area contributed by atoms with Gasteiger partial charge in [0.2, 0.25) is 5.88 Å². The van der Waals surface area contributed by atoms with Crippen LogP contribution in [-0.4, -0.2) is 26.1 Å². The summed E-state index contributed by atoms with van der Waals surface area (Å²) >= 11 is 0. The van der Waals surface area contributed by atoms with Crippen molar-refractivity contribution in [3.8, 4) is 11.5 Å². The van der Waals surface area contributed by atoms with Gasteiger partial charge in [-0.1, -0.05) is 0 Å². The summed E-state index contributed by atoms with van der Waals surface area (Å²) in [4.78, 5) is 1.83. The zero-order valence-corrected chi connectivity index (χ0v) is 11.1. The maximum Gasteiger partial charge on any atom is 0.206 e. The SMILES string of the molecule is COc1cc(C)c(O/C(N)=C/N(C)C)cc1C. The minimum absolute atomic E-state index is 0.364. The molecule has 0 radical (unpaired) electrons. The van der Waals surface area contributed by atoms with Gasteiger partial charge in [0.05, 0.1) is 13.3 Å². The molecule has 0 amide bonds. The van der Waals surface area contributed by atoms with Gasteiger partial charge < -0.3 is 20.1 Å². The molecule has 4 nitrogen and oxygen atoms in total. The Hall–Kier alpha value is -1.84. The first-order chi connectivity index (χ1) is 7.93. The molecule has 0 aliphatic heterocycles. The van der Waals surface area contributed by atoms with Gasteiger partial charge in [0.1, 0.15) is 11.5 Å². The minimum atomic E-state index is 0.364. The highest BCUT2D eigenvalue weighted by Crippen LogP contribution is 2.28. The van der Waals surface area contributed by atoms with Crippen LogP contribution in [0.25, 0.3) is 0 Å². The van der Waals surface area contributed by atoms with Crippen molar-refractivity contribution in [3.63, 3.8) is 0 Å². The second-order valence-electron chi connectivity index (χ2n) is 4.18. The molecule has 0 saturated heterocycles. The average molecular weight is 236 g/mol. The van der Waals surface area contributed by atoms with Crippen LogP contribution in [0.4, 0.5) is 0 Å². The highest BCUT2D eigenvalue weighted by Gasteiger charge is 2.07. The number of nitrogens with zero attached hydrogens (tertiary/aromatic N) is 1. The number of rotatable bonds is 4. The Kier molecular flexibility index (Phi) is 4.26. The molecule has 1 aromatic carbocycles. The Balaban J connectivity index is 2.96. The summed E-state index contributed by atoms with van der Waals surface area (Å²) in [5.41, 5.74) is 7.77. The maximum atomic E-state index is 5.76. The Labute approximate surface area is 103 Å². The van der Waals surface area contributed by atoms with Gasteiger partial charge in [-0.15, -0.1) is 0 Å². The molecule has 0 aromatic heterocycles. The summed E-state index contributed by atoms with van der Waals surface area (Å²) in [6, 6.07) is 3.86. The Morgan fingerprint density at radius 1 is 1.18 bits per heavy atom. The number of hydrogen-bond donors (Lipinski definition) is 1. The second kappa shape index (κ2) is 5.48. The van der Waals surface area contributed by atoms with Crippen LogP contribution in [-0.2, 0) is 0 Å².